The van der Waals surface area contributed by atoms with Crippen LogP contribution >= 0.6 is 0 Å². The Morgan fingerprint density at radius 1 is 1.05 bits per heavy atom. The molecule has 0 aliphatic carbocycles. The summed E-state index contributed by atoms with van der Waals surface area (Å²) in [5.74, 6) is -0.396. The van der Waals surface area contributed by atoms with Crippen LogP contribution in [0.25, 0.3) is 17.3 Å². The second-order valence-corrected chi connectivity index (χ2v) is 13.1. The lowest BCUT2D eigenvalue weighted by molar-refractivity contribution is -0.225. The first-order chi connectivity index (χ1) is 19.9. The van der Waals surface area contributed by atoms with E-state index in [0.29, 0.717) is 42.0 Å². The molecule has 1 saturated heterocycles. The van der Waals surface area contributed by atoms with Crippen molar-refractivity contribution in [3.05, 3.63) is 83.3 Å². The summed E-state index contributed by atoms with van der Waals surface area (Å²) in [6.45, 7) is 8.40. The highest BCUT2D eigenvalue weighted by atomic mass is 32.2. The summed E-state index contributed by atoms with van der Waals surface area (Å²) in [5.41, 5.74) is 3.60. The molecule has 1 fully saturated rings. The van der Waals surface area contributed by atoms with Crippen molar-refractivity contribution in [2.45, 2.75) is 77.7 Å². The Kier molecular flexibility index (Phi) is 10.5. The molecular weight excluding hydrogens is 557 g/mol. The van der Waals surface area contributed by atoms with Gasteiger partial charge in [-0.2, -0.15) is 0 Å². The van der Waals surface area contributed by atoms with E-state index in [1.807, 2.05) is 70.2 Å². The van der Waals surface area contributed by atoms with Crippen LogP contribution in [0.1, 0.15) is 63.3 Å². The molecule has 0 radical (unpaired) electrons. The van der Waals surface area contributed by atoms with Crippen molar-refractivity contribution < 1.29 is 27.0 Å². The summed E-state index contributed by atoms with van der Waals surface area (Å²) in [5, 5.41) is 0. The van der Waals surface area contributed by atoms with Crippen molar-refractivity contribution in [2.24, 2.45) is 0 Å². The molecule has 0 spiro atoms. The van der Waals surface area contributed by atoms with E-state index in [4.69, 9.17) is 14.2 Å². The zero-order valence-corrected chi connectivity index (χ0v) is 25.8. The van der Waals surface area contributed by atoms with E-state index in [1.165, 1.54) is 19.2 Å². The monoisotopic (exact) mass is 597 g/mol. The van der Waals surface area contributed by atoms with Crippen LogP contribution in [-0.2, 0) is 30.8 Å². The van der Waals surface area contributed by atoms with Gasteiger partial charge in [0.15, 0.2) is 6.29 Å². The fourth-order valence-corrected chi connectivity index (χ4v) is 5.09. The van der Waals surface area contributed by atoms with Gasteiger partial charge in [-0.3, -0.25) is 0 Å². The van der Waals surface area contributed by atoms with Crippen LogP contribution in [0.5, 0.6) is 0 Å². The number of benzene rings is 2. The lowest BCUT2D eigenvalue weighted by Gasteiger charge is -2.35. The average Bonchev–Trinajstić information content (AvgIpc) is 2.94. The Bertz CT molecular complexity index is 1460. The van der Waals surface area contributed by atoms with Crippen molar-refractivity contribution in [1.82, 2.24) is 9.97 Å². The maximum Gasteiger partial charge on any atom is 0.239 e. The Hall–Kier alpha value is -3.18. The third-order valence-electron chi connectivity index (χ3n) is 6.91. The topological polar surface area (TPSA) is 90.9 Å². The molecule has 0 bridgehead atoms. The fourth-order valence-electron chi connectivity index (χ4n) is 4.71. The van der Waals surface area contributed by atoms with E-state index in [9.17, 15) is 12.8 Å². The van der Waals surface area contributed by atoms with Gasteiger partial charge in [0.2, 0.25) is 16.0 Å². The van der Waals surface area contributed by atoms with Crippen molar-refractivity contribution in [1.29, 1.82) is 0 Å². The van der Waals surface area contributed by atoms with Crippen LogP contribution in [0.4, 0.5) is 10.3 Å². The number of nitrogens with zero attached hydrogens (tertiary/aromatic N) is 3. The standard InChI is InChI=1S/C32H40FN3O5S/c1-21(2)30-28(31(24-12-14-25(33)15-13-24)35-32(34-30)36(5)42(6,37)38)17-16-26-18-27(19-29(41-26)40-22(3)4)39-20-23-10-8-7-9-11-23/h7-17,21-22,26-27,29H,18-20H2,1-6H3/b17-16+/t26?,27-,29?/m1/s1. The van der Waals surface area contributed by atoms with Crippen molar-refractivity contribution in [3.8, 4) is 11.3 Å². The molecule has 8 nitrogen and oxygen atoms in total. The van der Waals surface area contributed by atoms with Crippen LogP contribution in [0.3, 0.4) is 0 Å². The van der Waals surface area contributed by atoms with Crippen LogP contribution in [-0.4, -0.2) is 56.3 Å². The lowest BCUT2D eigenvalue weighted by atomic mass is 9.96. The van der Waals surface area contributed by atoms with Crippen LogP contribution in [0.2, 0.25) is 0 Å². The van der Waals surface area contributed by atoms with E-state index in [0.717, 1.165) is 16.1 Å². The number of sulfonamides is 1. The summed E-state index contributed by atoms with van der Waals surface area (Å²) in [4.78, 5) is 9.31. The minimum Gasteiger partial charge on any atom is -0.373 e. The molecule has 0 saturated carbocycles. The molecule has 0 N–H and O–H groups in total. The number of rotatable bonds is 11. The highest BCUT2D eigenvalue weighted by Gasteiger charge is 2.30. The Labute approximate surface area is 248 Å². The summed E-state index contributed by atoms with van der Waals surface area (Å²) < 4.78 is 58.2. The molecule has 3 atom stereocenters. The Balaban J connectivity index is 1.70. The van der Waals surface area contributed by atoms with Gasteiger partial charge in [-0.1, -0.05) is 56.3 Å². The minimum absolute atomic E-state index is 0.0158. The van der Waals surface area contributed by atoms with Gasteiger partial charge < -0.3 is 14.2 Å². The largest absolute Gasteiger partial charge is 0.373 e. The van der Waals surface area contributed by atoms with Crippen LogP contribution in [0.15, 0.2) is 60.7 Å². The number of hydrogen-bond acceptors (Lipinski definition) is 7. The molecule has 2 aromatic carbocycles. The van der Waals surface area contributed by atoms with Crippen molar-refractivity contribution in [3.63, 3.8) is 0 Å². The third-order valence-corrected chi connectivity index (χ3v) is 8.07. The number of anilines is 1. The lowest BCUT2D eigenvalue weighted by Crippen LogP contribution is -2.38. The zero-order chi connectivity index (χ0) is 30.4. The molecule has 1 aliphatic rings. The second kappa shape index (κ2) is 13.9. The van der Waals surface area contributed by atoms with Crippen molar-refractivity contribution in [2.75, 3.05) is 17.6 Å². The van der Waals surface area contributed by atoms with Gasteiger partial charge in [0.1, 0.15) is 5.82 Å². The van der Waals surface area contributed by atoms with Gasteiger partial charge >= 0.3 is 0 Å². The predicted octanol–water partition coefficient (Wildman–Crippen LogP) is 6.33. The summed E-state index contributed by atoms with van der Waals surface area (Å²) in [6.07, 6.45) is 5.35. The Morgan fingerprint density at radius 3 is 2.36 bits per heavy atom. The van der Waals surface area contributed by atoms with E-state index >= 15 is 0 Å². The molecular formula is C32H40FN3O5S. The van der Waals surface area contributed by atoms with Gasteiger partial charge in [-0.15, -0.1) is 0 Å². The Morgan fingerprint density at radius 2 is 1.74 bits per heavy atom. The maximum absolute atomic E-state index is 13.8. The normalized spacial score (nSPS) is 19.6. The van der Waals surface area contributed by atoms with Crippen LogP contribution < -0.4 is 4.31 Å². The molecule has 226 valence electrons. The van der Waals surface area contributed by atoms with E-state index < -0.39 is 16.3 Å². The third kappa shape index (κ3) is 8.44. The molecule has 10 heteroatoms. The average molecular weight is 598 g/mol. The van der Waals surface area contributed by atoms with Gasteiger partial charge in [-0.05, 0) is 49.6 Å². The van der Waals surface area contributed by atoms with Crippen LogP contribution in [0, 0.1) is 5.82 Å². The molecule has 1 aromatic heterocycles. The first-order valence-electron chi connectivity index (χ1n) is 14.2. The van der Waals surface area contributed by atoms with E-state index in [1.54, 1.807) is 12.1 Å². The molecule has 4 rings (SSSR count). The van der Waals surface area contributed by atoms with Crippen molar-refractivity contribution >= 4 is 22.0 Å². The molecule has 2 heterocycles. The van der Waals surface area contributed by atoms with Gasteiger partial charge in [0.05, 0.1) is 42.6 Å². The zero-order valence-electron chi connectivity index (χ0n) is 25.0. The maximum atomic E-state index is 13.8. The molecule has 3 aromatic rings. The van der Waals surface area contributed by atoms with E-state index in [-0.39, 0.29) is 36.0 Å². The first kappa shape index (κ1) is 31.7. The summed E-state index contributed by atoms with van der Waals surface area (Å²) in [6, 6.07) is 16.0. The highest BCUT2D eigenvalue weighted by molar-refractivity contribution is 7.92. The smallest absolute Gasteiger partial charge is 0.239 e. The molecule has 0 amide bonds. The van der Waals surface area contributed by atoms with E-state index in [2.05, 4.69) is 9.97 Å². The first-order valence-corrected chi connectivity index (χ1v) is 16.0. The van der Waals surface area contributed by atoms with Gasteiger partial charge in [-0.25, -0.2) is 27.1 Å². The van der Waals surface area contributed by atoms with Gasteiger partial charge in [0.25, 0.3) is 0 Å². The molecule has 42 heavy (non-hydrogen) atoms. The fraction of sp³-hybridized carbons (Fsp3) is 0.438. The SMILES string of the molecule is CC(C)OC1C[C@H](OCc2ccccc2)CC(/C=C/c2c(-c3ccc(F)cc3)nc(N(C)S(C)(=O)=O)nc2C(C)C)O1. The number of aromatic nitrogens is 2. The quantitative estimate of drug-likeness (QED) is 0.255. The number of halogens is 1. The summed E-state index contributed by atoms with van der Waals surface area (Å²) >= 11 is 0. The molecule has 2 unspecified atom stereocenters. The minimum atomic E-state index is -3.61. The summed E-state index contributed by atoms with van der Waals surface area (Å²) in [7, 11) is -2.20. The highest BCUT2D eigenvalue weighted by Crippen LogP contribution is 2.33. The van der Waals surface area contributed by atoms with Gasteiger partial charge in [0, 0.05) is 31.0 Å². The molecule has 1 aliphatic heterocycles. The predicted molar refractivity (Wildman–Crippen MR) is 163 cm³/mol. The number of ether oxygens (including phenoxy) is 3. The second-order valence-electron chi connectivity index (χ2n) is 11.1. The number of hydrogen-bond donors (Lipinski definition) is 0.